The fraction of sp³-hybridized carbons (Fsp3) is 0.444. The van der Waals surface area contributed by atoms with Gasteiger partial charge in [-0.15, -0.1) is 11.3 Å². The van der Waals surface area contributed by atoms with E-state index in [1.165, 1.54) is 16.9 Å². The lowest BCUT2D eigenvalue weighted by Crippen LogP contribution is -2.35. The third-order valence-corrected chi connectivity index (χ3v) is 4.83. The van der Waals surface area contributed by atoms with E-state index in [-0.39, 0.29) is 11.9 Å². The lowest BCUT2D eigenvalue weighted by atomic mass is 10.2. The minimum Gasteiger partial charge on any atom is -0.486 e. The highest BCUT2D eigenvalue weighted by molar-refractivity contribution is 7.09. The highest BCUT2D eigenvalue weighted by atomic mass is 32.1. The first-order valence-corrected chi connectivity index (χ1v) is 8.76. The molecule has 23 heavy (non-hydrogen) atoms. The Hall–Kier alpha value is -1.88. The van der Waals surface area contributed by atoms with E-state index in [1.54, 1.807) is 4.90 Å². The van der Waals surface area contributed by atoms with Gasteiger partial charge in [-0.25, -0.2) is 4.98 Å². The Morgan fingerprint density at radius 2 is 2.04 bits per heavy atom. The number of nitrogens with zero attached hydrogens (tertiary/aromatic N) is 2. The lowest BCUT2D eigenvalue weighted by Gasteiger charge is -2.23. The summed E-state index contributed by atoms with van der Waals surface area (Å²) in [6, 6.07) is 8.20. The van der Waals surface area contributed by atoms with E-state index in [0.29, 0.717) is 13.0 Å². The zero-order valence-electron chi connectivity index (χ0n) is 14.2. The van der Waals surface area contributed by atoms with Crippen molar-refractivity contribution in [1.29, 1.82) is 0 Å². The smallest absolute Gasteiger partial charge is 0.228 e. The van der Waals surface area contributed by atoms with Crippen LogP contribution in [0.1, 0.15) is 36.5 Å². The molecular formula is C18H24N2O2S. The molecule has 2 rings (SSSR count). The number of carbonyl (C=O) groups excluding carboxylic acids is 1. The molecule has 2 aromatic rings. The van der Waals surface area contributed by atoms with Gasteiger partial charge in [-0.1, -0.05) is 24.6 Å². The highest BCUT2D eigenvalue weighted by Gasteiger charge is 2.16. The normalized spacial score (nSPS) is 12.0. The minimum absolute atomic E-state index is 0.107. The van der Waals surface area contributed by atoms with Gasteiger partial charge in [-0.2, -0.15) is 0 Å². The van der Waals surface area contributed by atoms with Gasteiger partial charge in [0.2, 0.25) is 5.91 Å². The van der Waals surface area contributed by atoms with E-state index in [2.05, 4.69) is 18.8 Å². The molecule has 1 aromatic carbocycles. The van der Waals surface area contributed by atoms with Crippen LogP contribution in [0, 0.1) is 6.92 Å². The second kappa shape index (κ2) is 8.11. The van der Waals surface area contributed by atoms with Crippen molar-refractivity contribution in [3.05, 3.63) is 45.9 Å². The number of benzene rings is 1. The van der Waals surface area contributed by atoms with Gasteiger partial charge in [0.25, 0.3) is 0 Å². The van der Waals surface area contributed by atoms with E-state index in [4.69, 9.17) is 4.74 Å². The first-order chi connectivity index (χ1) is 11.0. The van der Waals surface area contributed by atoms with E-state index >= 15 is 0 Å². The summed E-state index contributed by atoms with van der Waals surface area (Å²) in [5, 5.41) is 2.83. The van der Waals surface area contributed by atoms with Crippen LogP contribution in [0.5, 0.6) is 5.75 Å². The Morgan fingerprint density at radius 1 is 1.35 bits per heavy atom. The summed E-state index contributed by atoms with van der Waals surface area (Å²) in [7, 11) is 1.85. The van der Waals surface area contributed by atoms with Gasteiger partial charge < -0.3 is 9.64 Å². The standard InChI is InChI=1S/C18H24N2O2S/c1-5-14(3)20(4)18(21)10-15-12-23-17(19-15)11-22-16-8-6-13(2)7-9-16/h6-9,12,14H,5,10-11H2,1-4H3. The predicted molar refractivity (Wildman–Crippen MR) is 93.9 cm³/mol. The highest BCUT2D eigenvalue weighted by Crippen LogP contribution is 2.17. The second-order valence-corrected chi connectivity index (χ2v) is 6.72. The monoisotopic (exact) mass is 332 g/mol. The van der Waals surface area contributed by atoms with Crippen molar-refractivity contribution in [2.24, 2.45) is 0 Å². The van der Waals surface area contributed by atoms with Gasteiger partial charge in [-0.3, -0.25) is 4.79 Å². The molecule has 0 spiro atoms. The maximum absolute atomic E-state index is 12.2. The Labute approximate surface area is 142 Å². The number of amides is 1. The van der Waals surface area contributed by atoms with Gasteiger partial charge in [0, 0.05) is 18.5 Å². The van der Waals surface area contributed by atoms with Crippen LogP contribution >= 0.6 is 11.3 Å². The molecule has 1 unspecified atom stereocenters. The topological polar surface area (TPSA) is 42.4 Å². The van der Waals surface area contributed by atoms with Crippen molar-refractivity contribution >= 4 is 17.2 Å². The van der Waals surface area contributed by atoms with Crippen LogP contribution < -0.4 is 4.74 Å². The van der Waals surface area contributed by atoms with E-state index in [0.717, 1.165) is 22.9 Å². The molecule has 0 fully saturated rings. The summed E-state index contributed by atoms with van der Waals surface area (Å²) in [4.78, 5) is 18.5. The molecule has 0 saturated carbocycles. The molecule has 0 bridgehead atoms. The number of rotatable bonds is 7. The maximum Gasteiger partial charge on any atom is 0.228 e. The summed E-state index contributed by atoms with van der Waals surface area (Å²) in [5.74, 6) is 0.940. The Balaban J connectivity index is 1.88. The van der Waals surface area contributed by atoms with Crippen LogP contribution in [0.4, 0.5) is 0 Å². The minimum atomic E-state index is 0.107. The van der Waals surface area contributed by atoms with Crippen molar-refractivity contribution in [2.75, 3.05) is 7.05 Å². The number of aromatic nitrogens is 1. The molecule has 5 heteroatoms. The maximum atomic E-state index is 12.2. The Morgan fingerprint density at radius 3 is 2.70 bits per heavy atom. The molecule has 124 valence electrons. The summed E-state index contributed by atoms with van der Waals surface area (Å²) >= 11 is 1.53. The van der Waals surface area contributed by atoms with E-state index < -0.39 is 0 Å². The van der Waals surface area contributed by atoms with Gasteiger partial charge in [0.15, 0.2) is 0 Å². The number of aryl methyl sites for hydroxylation is 1. The summed E-state index contributed by atoms with van der Waals surface area (Å²) < 4.78 is 5.72. The molecule has 0 saturated heterocycles. The zero-order valence-corrected chi connectivity index (χ0v) is 15.0. The molecule has 1 amide bonds. The molecule has 0 aliphatic rings. The third-order valence-electron chi connectivity index (χ3n) is 3.96. The molecule has 0 radical (unpaired) electrons. The summed E-state index contributed by atoms with van der Waals surface area (Å²) in [6.07, 6.45) is 1.30. The van der Waals surface area contributed by atoms with Crippen LogP contribution in [-0.2, 0) is 17.8 Å². The predicted octanol–water partition coefficient (Wildman–Crippen LogP) is 3.83. The Kier molecular flexibility index (Phi) is 6.16. The average Bonchev–Trinajstić information content (AvgIpc) is 3.00. The van der Waals surface area contributed by atoms with Crippen molar-refractivity contribution in [2.45, 2.75) is 46.3 Å². The second-order valence-electron chi connectivity index (χ2n) is 5.77. The third kappa shape index (κ3) is 5.06. The van der Waals surface area contributed by atoms with Crippen LogP contribution in [-0.4, -0.2) is 28.9 Å². The largest absolute Gasteiger partial charge is 0.486 e. The first kappa shape index (κ1) is 17.5. The molecule has 4 nitrogen and oxygen atoms in total. The van der Waals surface area contributed by atoms with Crippen molar-refractivity contribution in [3.8, 4) is 5.75 Å². The molecule has 0 aliphatic heterocycles. The van der Waals surface area contributed by atoms with Crippen LogP contribution in [0.15, 0.2) is 29.6 Å². The van der Waals surface area contributed by atoms with Gasteiger partial charge >= 0.3 is 0 Å². The fourth-order valence-electron chi connectivity index (χ4n) is 2.08. The molecule has 1 aromatic heterocycles. The van der Waals surface area contributed by atoms with Crippen LogP contribution in [0.25, 0.3) is 0 Å². The van der Waals surface area contributed by atoms with E-state index in [1.807, 2.05) is 43.6 Å². The quantitative estimate of drug-likeness (QED) is 0.774. The van der Waals surface area contributed by atoms with Gasteiger partial charge in [0.1, 0.15) is 17.4 Å². The summed E-state index contributed by atoms with van der Waals surface area (Å²) in [6.45, 7) is 6.62. The number of ether oxygens (including phenoxy) is 1. The molecular weight excluding hydrogens is 308 g/mol. The van der Waals surface area contributed by atoms with Crippen molar-refractivity contribution < 1.29 is 9.53 Å². The number of hydrogen-bond acceptors (Lipinski definition) is 4. The van der Waals surface area contributed by atoms with Crippen molar-refractivity contribution in [1.82, 2.24) is 9.88 Å². The van der Waals surface area contributed by atoms with Crippen LogP contribution in [0.2, 0.25) is 0 Å². The lowest BCUT2D eigenvalue weighted by molar-refractivity contribution is -0.131. The van der Waals surface area contributed by atoms with Gasteiger partial charge in [-0.05, 0) is 32.4 Å². The average molecular weight is 332 g/mol. The summed E-state index contributed by atoms with van der Waals surface area (Å²) in [5.41, 5.74) is 2.02. The number of hydrogen-bond donors (Lipinski definition) is 0. The molecule has 1 atom stereocenters. The first-order valence-electron chi connectivity index (χ1n) is 7.88. The van der Waals surface area contributed by atoms with Crippen molar-refractivity contribution in [3.63, 3.8) is 0 Å². The van der Waals surface area contributed by atoms with Crippen LogP contribution in [0.3, 0.4) is 0 Å². The zero-order chi connectivity index (χ0) is 16.8. The molecule has 1 heterocycles. The number of thiazole rings is 1. The van der Waals surface area contributed by atoms with Gasteiger partial charge in [0.05, 0.1) is 12.1 Å². The number of carbonyl (C=O) groups is 1. The SMILES string of the molecule is CCC(C)N(C)C(=O)Cc1csc(COc2ccc(C)cc2)n1. The Bertz CT molecular complexity index is 637. The van der Waals surface area contributed by atoms with E-state index in [9.17, 15) is 4.79 Å². The number of likely N-dealkylation sites (N-methyl/N-ethyl adjacent to an activating group) is 1. The fourth-order valence-corrected chi connectivity index (χ4v) is 2.78. The molecule has 0 aliphatic carbocycles. The molecule has 0 N–H and O–H groups in total.